The Morgan fingerprint density at radius 1 is 0.906 bits per heavy atom. The zero-order valence-corrected chi connectivity index (χ0v) is 18.8. The highest BCUT2D eigenvalue weighted by Gasteiger charge is 2.31. The summed E-state index contributed by atoms with van der Waals surface area (Å²) in [6.45, 7) is 6.00. The molecule has 0 fully saturated rings. The van der Waals surface area contributed by atoms with E-state index < -0.39 is 19.8 Å². The highest BCUT2D eigenvalue weighted by molar-refractivity contribution is 7.95. The molecule has 0 amide bonds. The lowest BCUT2D eigenvalue weighted by atomic mass is 9.87. The fraction of sp³-hybridized carbons (Fsp3) is 0.167. The minimum atomic E-state index is -4.31. The van der Waals surface area contributed by atoms with E-state index in [-0.39, 0.29) is 10.3 Å². The van der Waals surface area contributed by atoms with Crippen molar-refractivity contribution in [1.29, 1.82) is 0 Å². The molecule has 0 aliphatic rings. The Morgan fingerprint density at radius 2 is 1.47 bits per heavy atom. The van der Waals surface area contributed by atoms with Gasteiger partial charge in [-0.25, -0.2) is 8.42 Å². The fourth-order valence-electron chi connectivity index (χ4n) is 2.87. The smallest absolute Gasteiger partial charge is 0.379 e. The highest BCUT2D eigenvalue weighted by atomic mass is 32.2. The first-order valence-electron chi connectivity index (χ1n) is 9.87. The number of nitro groups is 1. The second-order valence-electron chi connectivity index (χ2n) is 8.10. The Bertz CT molecular complexity index is 1210. The average Bonchev–Trinajstić information content (AvgIpc) is 2.75. The van der Waals surface area contributed by atoms with Crippen molar-refractivity contribution in [3.63, 3.8) is 0 Å². The molecule has 0 aliphatic carbocycles. The van der Waals surface area contributed by atoms with Crippen LogP contribution in [-0.2, 0) is 15.3 Å². The van der Waals surface area contributed by atoms with E-state index >= 15 is 0 Å². The molecular formula is C24H24N2O5S. The molecule has 0 heterocycles. The van der Waals surface area contributed by atoms with Crippen LogP contribution < -0.4 is 10.1 Å². The third-order valence-electron chi connectivity index (χ3n) is 4.68. The first-order valence-corrected chi connectivity index (χ1v) is 11.4. The lowest BCUT2D eigenvalue weighted by Gasteiger charge is -2.18. The minimum Gasteiger partial charge on any atom is -0.457 e. The summed E-state index contributed by atoms with van der Waals surface area (Å²) < 4.78 is 31.4. The van der Waals surface area contributed by atoms with Gasteiger partial charge in [0, 0.05) is 5.69 Å². The lowest BCUT2D eigenvalue weighted by Crippen LogP contribution is -2.15. The first-order chi connectivity index (χ1) is 15.1. The van der Waals surface area contributed by atoms with Gasteiger partial charge >= 0.3 is 5.03 Å². The lowest BCUT2D eigenvalue weighted by molar-refractivity contribution is -0.411. The average molecular weight is 453 g/mol. The Hall–Kier alpha value is -3.65. The molecule has 3 aromatic rings. The maximum absolute atomic E-state index is 12.8. The zero-order valence-electron chi connectivity index (χ0n) is 18.0. The van der Waals surface area contributed by atoms with E-state index in [2.05, 4.69) is 5.32 Å². The van der Waals surface area contributed by atoms with Crippen LogP contribution in [0.5, 0.6) is 11.5 Å². The minimum absolute atomic E-state index is 0.137. The second-order valence-corrected chi connectivity index (χ2v) is 10.00. The third-order valence-corrected chi connectivity index (χ3v) is 6.39. The predicted octanol–water partition coefficient (Wildman–Crippen LogP) is 5.74. The molecule has 7 nitrogen and oxygen atoms in total. The number of nitrogens with zero attached hydrogens (tertiary/aromatic N) is 1. The maximum Gasteiger partial charge on any atom is 0.379 e. The number of hydrogen-bond acceptors (Lipinski definition) is 6. The predicted molar refractivity (Wildman–Crippen MR) is 124 cm³/mol. The Kier molecular flexibility index (Phi) is 6.64. The highest BCUT2D eigenvalue weighted by Crippen LogP contribution is 2.27. The summed E-state index contributed by atoms with van der Waals surface area (Å²) in [5.41, 5.74) is 1.24. The van der Waals surface area contributed by atoms with Gasteiger partial charge < -0.3 is 10.1 Å². The van der Waals surface area contributed by atoms with Gasteiger partial charge in [0.25, 0.3) is 9.84 Å². The SMILES string of the molecule is CC(C)(C)c1ccc(S(=O)(=O)/C(=C\Nc2ccc(Oc3ccccc3)cc2)[N+](=O)[O-])cc1. The Morgan fingerprint density at radius 3 is 2.00 bits per heavy atom. The van der Waals surface area contributed by atoms with Crippen molar-refractivity contribution < 1.29 is 18.1 Å². The molecule has 0 saturated heterocycles. The van der Waals surface area contributed by atoms with Crippen molar-refractivity contribution in [2.24, 2.45) is 0 Å². The van der Waals surface area contributed by atoms with Crippen molar-refractivity contribution in [2.75, 3.05) is 5.32 Å². The van der Waals surface area contributed by atoms with Crippen LogP contribution in [0.1, 0.15) is 26.3 Å². The van der Waals surface area contributed by atoms with Crippen molar-refractivity contribution in [2.45, 2.75) is 31.1 Å². The van der Waals surface area contributed by atoms with Gasteiger partial charge in [-0.2, -0.15) is 0 Å². The van der Waals surface area contributed by atoms with E-state index in [1.54, 1.807) is 36.4 Å². The molecule has 0 bridgehead atoms. The molecule has 3 aromatic carbocycles. The zero-order chi connectivity index (χ0) is 23.4. The molecule has 8 heteroatoms. The van der Waals surface area contributed by atoms with Crippen molar-refractivity contribution >= 4 is 15.5 Å². The van der Waals surface area contributed by atoms with Gasteiger partial charge in [0.1, 0.15) is 11.5 Å². The third kappa shape index (κ3) is 5.53. The molecule has 0 radical (unpaired) electrons. The van der Waals surface area contributed by atoms with Crippen LogP contribution in [0.3, 0.4) is 0 Å². The van der Waals surface area contributed by atoms with E-state index in [0.717, 1.165) is 11.8 Å². The molecule has 1 N–H and O–H groups in total. The molecule has 0 unspecified atom stereocenters. The summed E-state index contributed by atoms with van der Waals surface area (Å²) in [6.07, 6.45) is 0.889. The van der Waals surface area contributed by atoms with Crippen molar-refractivity contribution in [1.82, 2.24) is 0 Å². The topological polar surface area (TPSA) is 98.5 Å². The number of nitrogens with one attached hydrogen (secondary N) is 1. The number of ether oxygens (including phenoxy) is 1. The van der Waals surface area contributed by atoms with E-state index in [1.807, 2.05) is 51.1 Å². The molecule has 0 saturated carbocycles. The normalized spacial score (nSPS) is 12.3. The van der Waals surface area contributed by atoms with E-state index in [1.165, 1.54) is 12.1 Å². The van der Waals surface area contributed by atoms with Crippen LogP contribution in [-0.4, -0.2) is 13.3 Å². The standard InChI is InChI=1S/C24H24N2O5S/c1-24(2,3)18-9-15-22(16-10-18)32(29,30)23(26(27)28)17-25-19-11-13-21(14-12-19)31-20-7-5-4-6-8-20/h4-17,25H,1-3H3/b23-17-. The summed E-state index contributed by atoms with van der Waals surface area (Å²) in [7, 11) is -4.31. The van der Waals surface area contributed by atoms with Gasteiger partial charge in [-0.15, -0.1) is 0 Å². The number of anilines is 1. The van der Waals surface area contributed by atoms with Crippen LogP contribution in [0.25, 0.3) is 0 Å². The first kappa shape index (κ1) is 23.0. The molecule has 0 spiro atoms. The largest absolute Gasteiger partial charge is 0.457 e. The van der Waals surface area contributed by atoms with Crippen LogP contribution in [0.4, 0.5) is 5.69 Å². The van der Waals surface area contributed by atoms with Gasteiger partial charge in [0.05, 0.1) is 16.0 Å². The molecule has 0 atom stereocenters. The van der Waals surface area contributed by atoms with Gasteiger partial charge in [-0.1, -0.05) is 51.1 Å². The molecule has 0 aromatic heterocycles. The van der Waals surface area contributed by atoms with Crippen molar-refractivity contribution in [3.8, 4) is 11.5 Å². The number of rotatable bonds is 7. The number of hydrogen-bond donors (Lipinski definition) is 1. The van der Waals surface area contributed by atoms with E-state index in [0.29, 0.717) is 17.2 Å². The van der Waals surface area contributed by atoms with E-state index in [9.17, 15) is 18.5 Å². The van der Waals surface area contributed by atoms with Crippen LogP contribution in [0.2, 0.25) is 0 Å². The van der Waals surface area contributed by atoms with Crippen LogP contribution >= 0.6 is 0 Å². The summed E-state index contributed by atoms with van der Waals surface area (Å²) in [5, 5.41) is 13.3. The van der Waals surface area contributed by atoms with E-state index in [4.69, 9.17) is 4.74 Å². The molecule has 3 rings (SSSR count). The fourth-order valence-corrected chi connectivity index (χ4v) is 4.02. The van der Waals surface area contributed by atoms with Crippen LogP contribution in [0, 0.1) is 10.1 Å². The molecule has 0 aliphatic heterocycles. The van der Waals surface area contributed by atoms with Gasteiger partial charge in [-0.3, -0.25) is 10.1 Å². The summed E-state index contributed by atoms with van der Waals surface area (Å²) in [5.74, 6) is 1.25. The Balaban J connectivity index is 1.79. The Labute approximate surface area is 187 Å². The van der Waals surface area contributed by atoms with Crippen molar-refractivity contribution in [3.05, 3.63) is 106 Å². The van der Waals surface area contributed by atoms with Crippen LogP contribution in [0.15, 0.2) is 95.0 Å². The summed E-state index contributed by atoms with van der Waals surface area (Å²) in [6, 6.07) is 22.0. The summed E-state index contributed by atoms with van der Waals surface area (Å²) in [4.78, 5) is 10.5. The summed E-state index contributed by atoms with van der Waals surface area (Å²) >= 11 is 0. The van der Waals surface area contributed by atoms with Gasteiger partial charge in [0.2, 0.25) is 0 Å². The molecule has 166 valence electrons. The quantitative estimate of drug-likeness (QED) is 0.363. The molecule has 32 heavy (non-hydrogen) atoms. The van der Waals surface area contributed by atoms with Gasteiger partial charge in [-0.05, 0) is 59.5 Å². The van der Waals surface area contributed by atoms with Gasteiger partial charge in [0.15, 0.2) is 0 Å². The second kappa shape index (κ2) is 9.23. The monoisotopic (exact) mass is 452 g/mol. The molecular weight excluding hydrogens is 428 g/mol. The number of benzene rings is 3. The number of sulfone groups is 1. The number of para-hydroxylation sites is 1. The maximum atomic E-state index is 12.8.